The second-order valence-electron chi connectivity index (χ2n) is 16.5. The number of carbonyl (C=O) groups excluding carboxylic acids is 1. The Labute approximate surface area is 289 Å². The molecule has 0 spiro atoms. The number of aliphatic hydroxyl groups excluding tert-OH is 2. The molecule has 7 rings (SSSR count). The number of fused-ring (bicyclic) bond motifs is 6. The summed E-state index contributed by atoms with van der Waals surface area (Å²) in [6.45, 7) is 9.50. The predicted molar refractivity (Wildman–Crippen MR) is 189 cm³/mol. The van der Waals surface area contributed by atoms with Gasteiger partial charge in [-0.2, -0.15) is 0 Å². The molecule has 0 radical (unpaired) electrons. The minimum absolute atomic E-state index is 0.188. The van der Waals surface area contributed by atoms with Crippen LogP contribution in [-0.4, -0.2) is 56.3 Å². The Kier molecular flexibility index (Phi) is 9.51. The smallest absolute Gasteiger partial charge is 0.222 e. The maximum absolute atomic E-state index is 13.5. The standard InChI is InChI=1S/C39H55BrN4O3/c1-24(30-9-10-31-36-32(13-17-39(30,31)3)38(2)16-12-29(45)20-27(38)21-34(36)46)4-11-35(47)44-19-15-33-26(23-44)22-42-37(43-33)41-18-14-25-5-7-28(40)8-6-25/h5-8,22,24,27,29-32,34,36,45-46H,4,9-21,23H2,1-3H3,(H,41,42,43)/t24-,27+,29-,30-,31+,32+,34+,36+,38+,39-/m1/s1. The maximum atomic E-state index is 13.5. The summed E-state index contributed by atoms with van der Waals surface area (Å²) in [5.74, 6) is 4.01. The van der Waals surface area contributed by atoms with Gasteiger partial charge in [-0.05, 0) is 128 Å². The van der Waals surface area contributed by atoms with Crippen molar-refractivity contribution in [2.75, 3.05) is 18.4 Å². The molecule has 4 aliphatic carbocycles. The van der Waals surface area contributed by atoms with Gasteiger partial charge < -0.3 is 20.4 Å². The molecule has 47 heavy (non-hydrogen) atoms. The van der Waals surface area contributed by atoms with Gasteiger partial charge in [0.15, 0.2) is 0 Å². The summed E-state index contributed by atoms with van der Waals surface area (Å²) in [5.41, 5.74) is 3.89. The van der Waals surface area contributed by atoms with Crippen LogP contribution < -0.4 is 5.32 Å². The van der Waals surface area contributed by atoms with Crippen LogP contribution in [0.25, 0.3) is 0 Å². The monoisotopic (exact) mass is 706 g/mol. The average Bonchev–Trinajstić information content (AvgIpc) is 3.42. The first kappa shape index (κ1) is 33.5. The zero-order chi connectivity index (χ0) is 32.9. The van der Waals surface area contributed by atoms with E-state index in [0.717, 1.165) is 73.8 Å². The molecule has 5 aliphatic rings. The number of nitrogens with zero attached hydrogens (tertiary/aromatic N) is 3. The van der Waals surface area contributed by atoms with Gasteiger partial charge in [0.2, 0.25) is 11.9 Å². The Bertz CT molecular complexity index is 1440. The van der Waals surface area contributed by atoms with Crippen LogP contribution in [-0.2, 0) is 24.2 Å². The average molecular weight is 708 g/mol. The fourth-order valence-corrected chi connectivity index (χ4v) is 11.7. The summed E-state index contributed by atoms with van der Waals surface area (Å²) in [5, 5.41) is 25.4. The molecule has 7 nitrogen and oxygen atoms in total. The highest BCUT2D eigenvalue weighted by molar-refractivity contribution is 9.10. The number of halogens is 1. The first-order valence-electron chi connectivity index (χ1n) is 18.5. The van der Waals surface area contributed by atoms with E-state index in [1.807, 2.05) is 11.1 Å². The first-order chi connectivity index (χ1) is 22.5. The molecule has 1 aliphatic heterocycles. The van der Waals surface area contributed by atoms with Gasteiger partial charge in [0.1, 0.15) is 0 Å². The molecule has 1 aromatic carbocycles. The quantitative estimate of drug-likeness (QED) is 0.269. The van der Waals surface area contributed by atoms with Crippen LogP contribution in [0, 0.1) is 46.3 Å². The highest BCUT2D eigenvalue weighted by Gasteiger charge is 2.62. The number of anilines is 1. The number of carbonyl (C=O) groups is 1. The van der Waals surface area contributed by atoms with Crippen LogP contribution in [0.2, 0.25) is 0 Å². The number of hydrogen-bond acceptors (Lipinski definition) is 6. The Morgan fingerprint density at radius 2 is 1.83 bits per heavy atom. The van der Waals surface area contributed by atoms with Crippen molar-refractivity contribution in [3.63, 3.8) is 0 Å². The van der Waals surface area contributed by atoms with Crippen molar-refractivity contribution in [3.05, 3.63) is 51.8 Å². The third-order valence-electron chi connectivity index (χ3n) is 14.1. The number of benzene rings is 1. The van der Waals surface area contributed by atoms with Gasteiger partial charge >= 0.3 is 0 Å². The summed E-state index contributed by atoms with van der Waals surface area (Å²) in [7, 11) is 0. The van der Waals surface area contributed by atoms with Crippen molar-refractivity contribution in [1.82, 2.24) is 14.9 Å². The molecule has 0 bridgehead atoms. The molecule has 1 amide bonds. The van der Waals surface area contributed by atoms with Crippen LogP contribution in [0.5, 0.6) is 0 Å². The van der Waals surface area contributed by atoms with Crippen LogP contribution in [0.3, 0.4) is 0 Å². The van der Waals surface area contributed by atoms with E-state index in [2.05, 4.69) is 71.3 Å². The molecular formula is C39H55BrN4O3. The summed E-state index contributed by atoms with van der Waals surface area (Å²) in [4.78, 5) is 24.9. The third-order valence-corrected chi connectivity index (χ3v) is 14.7. The molecular weight excluding hydrogens is 652 g/mol. The van der Waals surface area contributed by atoms with Crippen molar-refractivity contribution >= 4 is 27.8 Å². The normalized spacial score (nSPS) is 36.9. The summed E-state index contributed by atoms with van der Waals surface area (Å²) in [6, 6.07) is 8.38. The molecule has 2 aromatic rings. The zero-order valence-corrected chi connectivity index (χ0v) is 30.2. The lowest BCUT2D eigenvalue weighted by molar-refractivity contribution is -0.174. The Hall–Kier alpha value is -2.03. The van der Waals surface area contributed by atoms with Crippen molar-refractivity contribution in [2.45, 2.75) is 117 Å². The predicted octanol–water partition coefficient (Wildman–Crippen LogP) is 7.19. The lowest BCUT2D eigenvalue weighted by atomic mass is 9.43. The van der Waals surface area contributed by atoms with Gasteiger partial charge in [0.25, 0.3) is 0 Å². The molecule has 3 N–H and O–H groups in total. The molecule has 2 heterocycles. The van der Waals surface area contributed by atoms with Crippen LogP contribution in [0.4, 0.5) is 5.95 Å². The van der Waals surface area contributed by atoms with Gasteiger partial charge in [-0.15, -0.1) is 0 Å². The molecule has 4 saturated carbocycles. The second kappa shape index (κ2) is 13.4. The van der Waals surface area contributed by atoms with Gasteiger partial charge in [0, 0.05) is 48.7 Å². The number of aliphatic hydroxyl groups is 2. The van der Waals surface area contributed by atoms with Crippen molar-refractivity contribution < 1.29 is 15.0 Å². The highest BCUT2D eigenvalue weighted by atomic mass is 79.9. The second-order valence-corrected chi connectivity index (χ2v) is 17.4. The maximum Gasteiger partial charge on any atom is 0.222 e. The number of nitrogens with one attached hydrogen (secondary N) is 1. The Morgan fingerprint density at radius 1 is 1.06 bits per heavy atom. The van der Waals surface area contributed by atoms with Gasteiger partial charge in [-0.1, -0.05) is 48.8 Å². The van der Waals surface area contributed by atoms with E-state index >= 15 is 0 Å². The number of rotatable bonds is 8. The minimum atomic E-state index is -0.237. The van der Waals surface area contributed by atoms with Crippen molar-refractivity contribution in [2.24, 2.45) is 46.3 Å². The first-order valence-corrected chi connectivity index (χ1v) is 19.3. The van der Waals surface area contributed by atoms with E-state index in [9.17, 15) is 15.0 Å². The lowest BCUT2D eigenvalue weighted by Gasteiger charge is -2.62. The summed E-state index contributed by atoms with van der Waals surface area (Å²) >= 11 is 3.49. The number of hydrogen-bond donors (Lipinski definition) is 3. The molecule has 4 fully saturated rings. The van der Waals surface area contributed by atoms with E-state index in [4.69, 9.17) is 4.98 Å². The molecule has 0 unspecified atom stereocenters. The molecule has 8 heteroatoms. The number of amides is 1. The highest BCUT2D eigenvalue weighted by Crippen LogP contribution is 2.68. The third kappa shape index (κ3) is 6.40. The fraction of sp³-hybridized carbons (Fsp3) is 0.718. The SMILES string of the molecule is C[C@H](CCC(=O)N1CCc2nc(NCCc3ccc(Br)cc3)ncc2C1)[C@H]1CC[C@H]2[C@@H]3[C@@H](O)C[C@@H]4C[C@H](O)CC[C@]4(C)[C@H]3CC[C@]12C. The minimum Gasteiger partial charge on any atom is -0.393 e. The summed E-state index contributed by atoms with van der Waals surface area (Å²) in [6.07, 6.45) is 13.3. The Balaban J connectivity index is 0.915. The lowest BCUT2D eigenvalue weighted by Crippen LogP contribution is -2.58. The van der Waals surface area contributed by atoms with Crippen LogP contribution in [0.15, 0.2) is 34.9 Å². The van der Waals surface area contributed by atoms with Crippen molar-refractivity contribution in [1.29, 1.82) is 0 Å². The van der Waals surface area contributed by atoms with E-state index < -0.39 is 0 Å². The van der Waals surface area contributed by atoms with Gasteiger partial charge in [-0.25, -0.2) is 9.97 Å². The summed E-state index contributed by atoms with van der Waals surface area (Å²) < 4.78 is 1.09. The van der Waals surface area contributed by atoms with Crippen LogP contribution >= 0.6 is 15.9 Å². The fourth-order valence-electron chi connectivity index (χ4n) is 11.5. The van der Waals surface area contributed by atoms with Gasteiger partial charge in [0.05, 0.1) is 17.9 Å². The largest absolute Gasteiger partial charge is 0.393 e. The molecule has 1 aromatic heterocycles. The number of aromatic nitrogens is 2. The molecule has 256 valence electrons. The van der Waals surface area contributed by atoms with Crippen LogP contribution in [0.1, 0.15) is 102 Å². The Morgan fingerprint density at radius 3 is 2.64 bits per heavy atom. The van der Waals surface area contributed by atoms with Gasteiger partial charge in [-0.3, -0.25) is 4.79 Å². The van der Waals surface area contributed by atoms with E-state index in [1.54, 1.807) is 0 Å². The molecule has 0 saturated heterocycles. The van der Waals surface area contributed by atoms with Crippen molar-refractivity contribution in [3.8, 4) is 0 Å². The zero-order valence-electron chi connectivity index (χ0n) is 28.6. The topological polar surface area (TPSA) is 98.6 Å². The van der Waals surface area contributed by atoms with E-state index in [-0.39, 0.29) is 28.9 Å². The molecule has 10 atom stereocenters. The van der Waals surface area contributed by atoms with E-state index in [1.165, 1.54) is 31.2 Å². The van der Waals surface area contributed by atoms with E-state index in [0.29, 0.717) is 54.4 Å².